The molecule has 6 rings (SSSR count). The Morgan fingerprint density at radius 1 is 0.971 bits per heavy atom. The molecular weight excluding hydrogens is 430 g/mol. The summed E-state index contributed by atoms with van der Waals surface area (Å²) in [4.78, 5) is 14.5. The van der Waals surface area contributed by atoms with Crippen molar-refractivity contribution in [1.29, 1.82) is 0 Å². The predicted molar refractivity (Wildman–Crippen MR) is 140 cm³/mol. The molecular formula is C32H47NO2. The summed E-state index contributed by atoms with van der Waals surface area (Å²) in [5.74, 6) is 3.22. The first kappa shape index (κ1) is 24.0. The highest BCUT2D eigenvalue weighted by molar-refractivity contribution is 5.84. The Morgan fingerprint density at radius 3 is 2.40 bits per heavy atom. The minimum atomic E-state index is -0.0427. The second-order valence-corrected chi connectivity index (χ2v) is 15.6. The number of fused-ring (bicyclic) bond motifs is 8. The molecule has 4 saturated carbocycles. The van der Waals surface area contributed by atoms with E-state index in [0.717, 1.165) is 18.6 Å². The molecule has 1 heterocycles. The van der Waals surface area contributed by atoms with Crippen LogP contribution in [-0.4, -0.2) is 10.9 Å². The van der Waals surface area contributed by atoms with E-state index in [0.29, 0.717) is 29.0 Å². The van der Waals surface area contributed by atoms with Gasteiger partial charge in [-0.3, -0.25) is 4.79 Å². The molecule has 0 amide bonds. The maximum atomic E-state index is 14.5. The van der Waals surface area contributed by atoms with E-state index in [-0.39, 0.29) is 33.0 Å². The average molecular weight is 478 g/mol. The van der Waals surface area contributed by atoms with Crippen LogP contribution in [0.3, 0.4) is 0 Å². The maximum absolute atomic E-state index is 14.5. The number of allylic oxidation sites excluding steroid dienone is 1. The Balaban J connectivity index is 1.46. The molecule has 0 spiro atoms. The number of rotatable bonds is 1. The largest absolute Gasteiger partial charge is 0.361 e. The first-order valence-electron chi connectivity index (χ1n) is 14.3. The Kier molecular flexibility index (Phi) is 4.75. The van der Waals surface area contributed by atoms with Crippen LogP contribution in [0, 0.1) is 50.7 Å². The molecule has 1 aromatic heterocycles. The number of ketones is 1. The van der Waals surface area contributed by atoms with Crippen molar-refractivity contribution in [3.8, 4) is 0 Å². The van der Waals surface area contributed by atoms with Gasteiger partial charge in [0.05, 0.1) is 6.20 Å². The summed E-state index contributed by atoms with van der Waals surface area (Å²) in [7, 11) is 0. The van der Waals surface area contributed by atoms with Crippen LogP contribution in [-0.2, 0) is 16.6 Å². The van der Waals surface area contributed by atoms with Gasteiger partial charge in [0.25, 0.3) is 0 Å². The fourth-order valence-electron chi connectivity index (χ4n) is 11.4. The van der Waals surface area contributed by atoms with Crippen molar-refractivity contribution in [2.45, 2.75) is 112 Å². The highest BCUT2D eigenvalue weighted by Crippen LogP contribution is 2.76. The van der Waals surface area contributed by atoms with Crippen molar-refractivity contribution in [3.63, 3.8) is 0 Å². The standard InChI is InChI=1S/C32H47NO2/c1-9-32-14-12-27(2,3)18-21(32)25-22(34)16-24-29(6)17-20-19-33-35-26(20)28(4,5)23(29)10-11-30(24,7)31(25,8)13-15-32/h9,19,21,23-25H,1,10-18H2,2-8H3/t21-,23-,24?,25-,29-,30+,31+,32+/m0/s1. The van der Waals surface area contributed by atoms with Gasteiger partial charge in [-0.2, -0.15) is 0 Å². The van der Waals surface area contributed by atoms with E-state index in [1.54, 1.807) is 0 Å². The molecule has 192 valence electrons. The van der Waals surface area contributed by atoms with Gasteiger partial charge in [0.1, 0.15) is 11.5 Å². The SMILES string of the molecule is C=C[C@]12CCC(C)(C)C[C@H]1[C@H]1C(=O)CC3[C@@]4(C)Cc5cnoc5C(C)(C)[C@@H]4CC[C@@]3(C)[C@]1(C)CC2. The fraction of sp³-hybridized carbons (Fsp3) is 0.812. The topological polar surface area (TPSA) is 43.1 Å². The summed E-state index contributed by atoms with van der Waals surface area (Å²) < 4.78 is 5.83. The number of aromatic nitrogens is 1. The van der Waals surface area contributed by atoms with Crippen molar-refractivity contribution in [1.82, 2.24) is 5.16 Å². The molecule has 0 aromatic carbocycles. The highest BCUT2D eigenvalue weighted by Gasteiger charge is 2.72. The number of carbonyl (C=O) groups is 1. The molecule has 5 aliphatic rings. The number of hydrogen-bond donors (Lipinski definition) is 0. The van der Waals surface area contributed by atoms with Crippen molar-refractivity contribution in [3.05, 3.63) is 30.2 Å². The van der Waals surface area contributed by atoms with Gasteiger partial charge in [-0.1, -0.05) is 59.7 Å². The van der Waals surface area contributed by atoms with Gasteiger partial charge in [0, 0.05) is 23.3 Å². The Hall–Kier alpha value is -1.38. The van der Waals surface area contributed by atoms with Crippen LogP contribution in [0.4, 0.5) is 0 Å². The van der Waals surface area contributed by atoms with E-state index in [1.807, 2.05) is 6.20 Å². The van der Waals surface area contributed by atoms with Gasteiger partial charge >= 0.3 is 0 Å². The predicted octanol–water partition coefficient (Wildman–Crippen LogP) is 7.93. The molecule has 1 unspecified atom stereocenters. The van der Waals surface area contributed by atoms with Gasteiger partial charge in [0.2, 0.25) is 0 Å². The van der Waals surface area contributed by atoms with Gasteiger partial charge in [0.15, 0.2) is 0 Å². The van der Waals surface area contributed by atoms with Crippen LogP contribution < -0.4 is 0 Å². The van der Waals surface area contributed by atoms with Gasteiger partial charge in [-0.15, -0.1) is 6.58 Å². The van der Waals surface area contributed by atoms with Gasteiger partial charge < -0.3 is 4.52 Å². The molecule has 35 heavy (non-hydrogen) atoms. The fourth-order valence-corrected chi connectivity index (χ4v) is 11.4. The lowest BCUT2D eigenvalue weighted by molar-refractivity contribution is -0.223. The summed E-state index contributed by atoms with van der Waals surface area (Å²) in [5.41, 5.74) is 2.04. The minimum Gasteiger partial charge on any atom is -0.361 e. The van der Waals surface area contributed by atoms with E-state index in [4.69, 9.17) is 4.52 Å². The first-order chi connectivity index (χ1) is 16.2. The third-order valence-electron chi connectivity index (χ3n) is 13.4. The van der Waals surface area contributed by atoms with Crippen LogP contribution in [0.5, 0.6) is 0 Å². The molecule has 8 atom stereocenters. The quantitative estimate of drug-likeness (QED) is 0.386. The summed E-state index contributed by atoms with van der Waals surface area (Å²) in [6.45, 7) is 21.6. The highest BCUT2D eigenvalue weighted by atomic mass is 16.5. The summed E-state index contributed by atoms with van der Waals surface area (Å²) in [6, 6.07) is 0. The molecule has 4 fully saturated rings. The van der Waals surface area contributed by atoms with E-state index < -0.39 is 0 Å². The van der Waals surface area contributed by atoms with E-state index in [2.05, 4.69) is 66.3 Å². The zero-order valence-electron chi connectivity index (χ0n) is 23.3. The minimum absolute atomic E-state index is 0.0427. The molecule has 0 saturated heterocycles. The van der Waals surface area contributed by atoms with E-state index >= 15 is 0 Å². The molecule has 0 radical (unpaired) electrons. The Morgan fingerprint density at radius 2 is 1.69 bits per heavy atom. The zero-order chi connectivity index (χ0) is 25.2. The summed E-state index contributed by atoms with van der Waals surface area (Å²) in [5, 5.41) is 4.23. The molecule has 3 nitrogen and oxygen atoms in total. The van der Waals surface area contributed by atoms with Crippen molar-refractivity contribution in [2.24, 2.45) is 50.7 Å². The van der Waals surface area contributed by atoms with Crippen LogP contribution >= 0.6 is 0 Å². The summed E-state index contributed by atoms with van der Waals surface area (Å²) >= 11 is 0. The molecule has 0 aliphatic heterocycles. The third kappa shape index (κ3) is 2.79. The maximum Gasteiger partial charge on any atom is 0.145 e. The lowest BCUT2D eigenvalue weighted by atomic mass is 9.31. The Labute approximate surface area is 212 Å². The van der Waals surface area contributed by atoms with Crippen molar-refractivity contribution in [2.75, 3.05) is 0 Å². The molecule has 0 bridgehead atoms. The van der Waals surface area contributed by atoms with Crippen LogP contribution in [0.1, 0.15) is 111 Å². The molecule has 3 heteroatoms. The zero-order valence-corrected chi connectivity index (χ0v) is 23.3. The summed E-state index contributed by atoms with van der Waals surface area (Å²) in [6.07, 6.45) is 14.4. The smallest absolute Gasteiger partial charge is 0.145 e. The van der Waals surface area contributed by atoms with E-state index in [1.165, 1.54) is 50.5 Å². The van der Waals surface area contributed by atoms with Crippen molar-refractivity contribution >= 4 is 5.78 Å². The first-order valence-corrected chi connectivity index (χ1v) is 14.3. The van der Waals surface area contributed by atoms with E-state index in [9.17, 15) is 4.79 Å². The van der Waals surface area contributed by atoms with Gasteiger partial charge in [-0.25, -0.2) is 0 Å². The number of Topliss-reactive ketones (excluding diaryl/α,β-unsaturated/α-hetero) is 1. The number of nitrogens with zero attached hydrogens (tertiary/aromatic N) is 1. The third-order valence-corrected chi connectivity index (χ3v) is 13.4. The molecule has 0 N–H and O–H groups in total. The molecule has 5 aliphatic carbocycles. The molecule has 1 aromatic rings. The van der Waals surface area contributed by atoms with Crippen LogP contribution in [0.25, 0.3) is 0 Å². The van der Waals surface area contributed by atoms with Crippen LogP contribution in [0.15, 0.2) is 23.4 Å². The normalized spacial score (nSPS) is 49.6. The monoisotopic (exact) mass is 477 g/mol. The number of hydrogen-bond acceptors (Lipinski definition) is 3. The lowest BCUT2D eigenvalue weighted by Crippen LogP contribution is -2.68. The van der Waals surface area contributed by atoms with Crippen molar-refractivity contribution < 1.29 is 9.32 Å². The average Bonchev–Trinajstić information content (AvgIpc) is 3.24. The Bertz CT molecular complexity index is 1080. The second kappa shape index (κ2) is 6.93. The number of carbonyl (C=O) groups excluding carboxylic acids is 1. The van der Waals surface area contributed by atoms with Gasteiger partial charge in [-0.05, 0) is 96.2 Å². The second-order valence-electron chi connectivity index (χ2n) is 15.6. The lowest BCUT2D eigenvalue weighted by Gasteiger charge is -2.72. The van der Waals surface area contributed by atoms with Crippen LogP contribution in [0.2, 0.25) is 0 Å².